The van der Waals surface area contributed by atoms with Gasteiger partial charge in [-0.3, -0.25) is 0 Å². The third-order valence-corrected chi connectivity index (χ3v) is 2.93. The molecule has 2 N–H and O–H groups in total. The van der Waals surface area contributed by atoms with Crippen LogP contribution < -0.4 is 14.8 Å². The fraction of sp³-hybridized carbons (Fsp3) is 0.636. The first-order valence-electron chi connectivity index (χ1n) is 5.58. The summed E-state index contributed by atoms with van der Waals surface area (Å²) in [5.74, 6) is 1.04. The molecule has 0 aliphatic heterocycles. The summed E-state index contributed by atoms with van der Waals surface area (Å²) in [6, 6.07) is 0.347. The Morgan fingerprint density at radius 1 is 1.29 bits per heavy atom. The highest BCUT2D eigenvalue weighted by Gasteiger charge is 2.27. The quantitative estimate of drug-likeness (QED) is 0.759. The zero-order valence-corrected chi connectivity index (χ0v) is 10.0. The van der Waals surface area contributed by atoms with Crippen LogP contribution >= 0.6 is 0 Å². The number of hydrogen-bond acceptors (Lipinski definition) is 6. The molecule has 0 aromatic carbocycles. The Hall–Kier alpha value is -1.40. The maximum Gasteiger partial charge on any atom is 0.224 e. The van der Waals surface area contributed by atoms with Gasteiger partial charge in [-0.05, 0) is 12.8 Å². The molecular formula is C11H17N3O3. The first-order valence-corrected chi connectivity index (χ1v) is 5.58. The topological polar surface area (TPSA) is 76.5 Å². The highest BCUT2D eigenvalue weighted by Crippen LogP contribution is 2.25. The Kier molecular flexibility index (Phi) is 3.75. The lowest BCUT2D eigenvalue weighted by atomic mass is 9.89. The van der Waals surface area contributed by atoms with E-state index in [4.69, 9.17) is 9.47 Å². The lowest BCUT2D eigenvalue weighted by Crippen LogP contribution is -2.43. The fourth-order valence-electron chi connectivity index (χ4n) is 1.88. The molecule has 6 heteroatoms. The Balaban J connectivity index is 2.02. The van der Waals surface area contributed by atoms with Crippen LogP contribution in [-0.2, 0) is 6.54 Å². The van der Waals surface area contributed by atoms with Crippen LogP contribution in [0.25, 0.3) is 0 Å². The fourth-order valence-corrected chi connectivity index (χ4v) is 1.88. The molecule has 1 aliphatic rings. The van der Waals surface area contributed by atoms with Gasteiger partial charge in [0, 0.05) is 12.6 Å². The van der Waals surface area contributed by atoms with E-state index in [2.05, 4.69) is 15.3 Å². The predicted molar refractivity (Wildman–Crippen MR) is 61.0 cm³/mol. The molecule has 1 aliphatic carbocycles. The van der Waals surface area contributed by atoms with Crippen molar-refractivity contribution in [2.75, 3.05) is 14.2 Å². The molecule has 1 aromatic heterocycles. The van der Waals surface area contributed by atoms with E-state index in [1.54, 1.807) is 14.2 Å². The summed E-state index contributed by atoms with van der Waals surface area (Å²) >= 11 is 0. The number of methoxy groups -OCH3 is 2. The van der Waals surface area contributed by atoms with Crippen molar-refractivity contribution in [3.63, 3.8) is 0 Å². The minimum absolute atomic E-state index is 0.164. The number of nitrogens with zero attached hydrogens (tertiary/aromatic N) is 2. The van der Waals surface area contributed by atoms with Crippen LogP contribution in [0.15, 0.2) is 6.33 Å². The molecule has 1 fully saturated rings. The highest BCUT2D eigenvalue weighted by atomic mass is 16.5. The minimum atomic E-state index is -0.164. The molecule has 0 atom stereocenters. The Bertz CT molecular complexity index is 358. The molecule has 0 amide bonds. The third-order valence-electron chi connectivity index (χ3n) is 2.93. The van der Waals surface area contributed by atoms with Gasteiger partial charge in [-0.25, -0.2) is 9.97 Å². The standard InChI is InChI=1S/C11H17N3O3/c1-16-10-9(11(17-2)14-6-13-10)5-12-7-3-8(15)4-7/h6-8,12,15H,3-5H2,1-2H3. The number of rotatable bonds is 5. The number of aromatic nitrogens is 2. The minimum Gasteiger partial charge on any atom is -0.481 e. The van der Waals surface area contributed by atoms with Crippen LogP contribution in [0.1, 0.15) is 18.4 Å². The molecule has 0 bridgehead atoms. The maximum atomic E-state index is 9.20. The number of nitrogens with one attached hydrogen (secondary N) is 1. The largest absolute Gasteiger partial charge is 0.481 e. The Morgan fingerprint density at radius 2 is 1.88 bits per heavy atom. The summed E-state index contributed by atoms with van der Waals surface area (Å²) in [6.45, 7) is 0.574. The second kappa shape index (κ2) is 5.29. The van der Waals surface area contributed by atoms with Gasteiger partial charge >= 0.3 is 0 Å². The lowest BCUT2D eigenvalue weighted by Gasteiger charge is -2.32. The number of aliphatic hydroxyl groups excluding tert-OH is 1. The second-order valence-corrected chi connectivity index (χ2v) is 4.07. The van der Waals surface area contributed by atoms with Gasteiger partial charge in [0.1, 0.15) is 6.33 Å². The molecule has 0 spiro atoms. The van der Waals surface area contributed by atoms with Crippen molar-refractivity contribution in [3.8, 4) is 11.8 Å². The van der Waals surface area contributed by atoms with Gasteiger partial charge in [0.15, 0.2) is 0 Å². The van der Waals surface area contributed by atoms with E-state index in [0.29, 0.717) is 24.3 Å². The van der Waals surface area contributed by atoms with E-state index in [9.17, 15) is 5.11 Å². The van der Waals surface area contributed by atoms with Crippen LogP contribution in [0, 0.1) is 0 Å². The van der Waals surface area contributed by atoms with Crippen molar-refractivity contribution in [2.24, 2.45) is 0 Å². The average molecular weight is 239 g/mol. The normalized spacial score (nSPS) is 23.0. The second-order valence-electron chi connectivity index (χ2n) is 4.07. The van der Waals surface area contributed by atoms with Crippen LogP contribution in [-0.4, -0.2) is 41.4 Å². The molecular weight excluding hydrogens is 222 g/mol. The zero-order valence-electron chi connectivity index (χ0n) is 10.0. The van der Waals surface area contributed by atoms with E-state index in [-0.39, 0.29) is 6.10 Å². The Morgan fingerprint density at radius 3 is 2.35 bits per heavy atom. The van der Waals surface area contributed by atoms with Gasteiger partial charge in [0.2, 0.25) is 11.8 Å². The van der Waals surface area contributed by atoms with Crippen molar-refractivity contribution in [3.05, 3.63) is 11.9 Å². The molecule has 0 unspecified atom stereocenters. The van der Waals surface area contributed by atoms with Gasteiger partial charge in [0.05, 0.1) is 25.9 Å². The van der Waals surface area contributed by atoms with Crippen molar-refractivity contribution in [1.82, 2.24) is 15.3 Å². The predicted octanol–water partition coefficient (Wildman–Crippen LogP) is 0.107. The number of ether oxygens (including phenoxy) is 2. The van der Waals surface area contributed by atoms with Crippen molar-refractivity contribution < 1.29 is 14.6 Å². The zero-order chi connectivity index (χ0) is 12.3. The van der Waals surface area contributed by atoms with Gasteiger partial charge in [0.25, 0.3) is 0 Å². The van der Waals surface area contributed by atoms with Gasteiger partial charge in [-0.15, -0.1) is 0 Å². The van der Waals surface area contributed by atoms with E-state index >= 15 is 0 Å². The summed E-state index contributed by atoms with van der Waals surface area (Å²) in [7, 11) is 3.14. The Labute approximate surface area is 100.0 Å². The highest BCUT2D eigenvalue weighted by molar-refractivity contribution is 5.34. The summed E-state index contributed by atoms with van der Waals surface area (Å²) in [5.41, 5.74) is 0.805. The van der Waals surface area contributed by atoms with E-state index in [0.717, 1.165) is 18.4 Å². The number of aliphatic hydroxyl groups is 1. The summed E-state index contributed by atoms with van der Waals surface area (Å²) in [4.78, 5) is 8.08. The van der Waals surface area contributed by atoms with E-state index in [1.165, 1.54) is 6.33 Å². The summed E-state index contributed by atoms with van der Waals surface area (Å²) < 4.78 is 10.3. The molecule has 94 valence electrons. The third kappa shape index (κ3) is 2.65. The molecule has 6 nitrogen and oxygen atoms in total. The molecule has 1 saturated carbocycles. The molecule has 0 radical (unpaired) electrons. The van der Waals surface area contributed by atoms with Crippen molar-refractivity contribution >= 4 is 0 Å². The molecule has 1 aromatic rings. The molecule has 17 heavy (non-hydrogen) atoms. The number of hydrogen-bond donors (Lipinski definition) is 2. The molecule has 2 rings (SSSR count). The van der Waals surface area contributed by atoms with Crippen molar-refractivity contribution in [2.45, 2.75) is 31.5 Å². The average Bonchev–Trinajstić information content (AvgIpc) is 2.32. The van der Waals surface area contributed by atoms with Crippen molar-refractivity contribution in [1.29, 1.82) is 0 Å². The van der Waals surface area contributed by atoms with Gasteiger partial charge in [-0.2, -0.15) is 0 Å². The smallest absolute Gasteiger partial charge is 0.224 e. The van der Waals surface area contributed by atoms with E-state index < -0.39 is 0 Å². The SMILES string of the molecule is COc1ncnc(OC)c1CNC1CC(O)C1. The van der Waals surface area contributed by atoms with Crippen LogP contribution in [0.2, 0.25) is 0 Å². The van der Waals surface area contributed by atoms with Crippen LogP contribution in [0.4, 0.5) is 0 Å². The lowest BCUT2D eigenvalue weighted by molar-refractivity contribution is 0.0617. The van der Waals surface area contributed by atoms with E-state index in [1.807, 2.05) is 0 Å². The molecule has 1 heterocycles. The van der Waals surface area contributed by atoms with Crippen LogP contribution in [0.3, 0.4) is 0 Å². The maximum absolute atomic E-state index is 9.20. The van der Waals surface area contributed by atoms with Gasteiger partial charge < -0.3 is 19.9 Å². The molecule has 0 saturated heterocycles. The summed E-state index contributed by atoms with van der Waals surface area (Å²) in [6.07, 6.45) is 2.83. The summed E-state index contributed by atoms with van der Waals surface area (Å²) in [5, 5.41) is 12.5. The first kappa shape index (κ1) is 12.1. The monoisotopic (exact) mass is 239 g/mol. The van der Waals surface area contributed by atoms with Gasteiger partial charge in [-0.1, -0.05) is 0 Å². The van der Waals surface area contributed by atoms with Crippen LogP contribution in [0.5, 0.6) is 11.8 Å². The first-order chi connectivity index (χ1) is 8.24.